The van der Waals surface area contributed by atoms with Crippen molar-refractivity contribution in [3.63, 3.8) is 0 Å². The van der Waals surface area contributed by atoms with Crippen LogP contribution in [0.1, 0.15) is 20.8 Å². The second kappa shape index (κ2) is 6.28. The van der Waals surface area contributed by atoms with Crippen molar-refractivity contribution in [1.29, 1.82) is 0 Å². The molecule has 1 aromatic rings. The van der Waals surface area contributed by atoms with E-state index in [-0.39, 0.29) is 23.8 Å². The topological polar surface area (TPSA) is 60.0 Å². The Kier molecular flexibility index (Phi) is 4.35. The van der Waals surface area contributed by atoms with Crippen molar-refractivity contribution >= 4 is 6.03 Å². The fourth-order valence-corrected chi connectivity index (χ4v) is 3.09. The molecule has 2 unspecified atom stereocenters. The third-order valence-corrected chi connectivity index (χ3v) is 3.91. The Morgan fingerprint density at radius 3 is 2.83 bits per heavy atom. The molecule has 6 heteroatoms. The zero-order chi connectivity index (χ0) is 16.4. The van der Waals surface area contributed by atoms with Crippen LogP contribution < -0.4 is 14.8 Å². The Labute approximate surface area is 136 Å². The highest BCUT2D eigenvalue weighted by Gasteiger charge is 2.34. The second-order valence-electron chi connectivity index (χ2n) is 6.75. The van der Waals surface area contributed by atoms with Gasteiger partial charge in [0.2, 0.25) is 0 Å². The van der Waals surface area contributed by atoms with E-state index in [1.165, 1.54) is 0 Å². The Bertz CT molecular complexity index is 575. The molecule has 2 atom stereocenters. The van der Waals surface area contributed by atoms with Crippen LogP contribution in [0.4, 0.5) is 4.79 Å². The van der Waals surface area contributed by atoms with Gasteiger partial charge in [0.25, 0.3) is 0 Å². The summed E-state index contributed by atoms with van der Waals surface area (Å²) in [4.78, 5) is 14.2. The summed E-state index contributed by atoms with van der Waals surface area (Å²) in [6.07, 6.45) is -0.147. The number of nitrogens with zero attached hydrogens (tertiary/aromatic N) is 1. The molecule has 126 valence electrons. The molecule has 0 saturated carbocycles. The Hall–Kier alpha value is -1.95. The standard InChI is InChI=1S/C17H24N2O4/c1-12-9-19(11-17(2,3)23-12)16(20)18-8-13-10-21-14-6-4-5-7-15(14)22-13/h4-7,12-13H,8-11H2,1-3H3,(H,18,20). The number of carbonyl (C=O) groups excluding carboxylic acids is 1. The highest BCUT2D eigenvalue weighted by molar-refractivity contribution is 5.74. The SMILES string of the molecule is CC1CN(C(=O)NCC2COc3ccccc3O2)CC(C)(C)O1. The van der Waals surface area contributed by atoms with E-state index in [1.807, 2.05) is 45.0 Å². The Morgan fingerprint density at radius 2 is 2.09 bits per heavy atom. The highest BCUT2D eigenvalue weighted by atomic mass is 16.6. The summed E-state index contributed by atoms with van der Waals surface area (Å²) in [5.74, 6) is 1.47. The molecule has 1 saturated heterocycles. The molecule has 1 N–H and O–H groups in total. The molecular weight excluding hydrogens is 296 g/mol. The van der Waals surface area contributed by atoms with Gasteiger partial charge in [0.15, 0.2) is 17.6 Å². The highest BCUT2D eigenvalue weighted by Crippen LogP contribution is 2.30. The van der Waals surface area contributed by atoms with Crippen LogP contribution in [0.15, 0.2) is 24.3 Å². The number of morpholine rings is 1. The van der Waals surface area contributed by atoms with Gasteiger partial charge in [0.1, 0.15) is 6.61 Å². The van der Waals surface area contributed by atoms with Crippen molar-refractivity contribution in [2.75, 3.05) is 26.2 Å². The van der Waals surface area contributed by atoms with E-state index in [4.69, 9.17) is 14.2 Å². The van der Waals surface area contributed by atoms with Crippen LogP contribution in [0.25, 0.3) is 0 Å². The van der Waals surface area contributed by atoms with E-state index >= 15 is 0 Å². The van der Waals surface area contributed by atoms with E-state index in [0.29, 0.717) is 26.2 Å². The molecule has 0 bridgehead atoms. The third kappa shape index (κ3) is 3.88. The average Bonchev–Trinajstić information content (AvgIpc) is 2.50. The van der Waals surface area contributed by atoms with Gasteiger partial charge in [-0.2, -0.15) is 0 Å². The van der Waals surface area contributed by atoms with Gasteiger partial charge in [-0.15, -0.1) is 0 Å². The van der Waals surface area contributed by atoms with Crippen LogP contribution in [0, 0.1) is 0 Å². The van der Waals surface area contributed by atoms with E-state index in [1.54, 1.807) is 4.90 Å². The minimum Gasteiger partial charge on any atom is -0.486 e. The van der Waals surface area contributed by atoms with E-state index < -0.39 is 0 Å². The lowest BCUT2D eigenvalue weighted by atomic mass is 10.1. The molecule has 2 aliphatic heterocycles. The van der Waals surface area contributed by atoms with Crippen molar-refractivity contribution in [2.24, 2.45) is 0 Å². The minimum absolute atomic E-state index is 0.0330. The molecule has 0 aromatic heterocycles. The predicted octanol–water partition coefficient (Wildman–Crippen LogP) is 2.04. The zero-order valence-corrected chi connectivity index (χ0v) is 13.9. The number of rotatable bonds is 2. The van der Waals surface area contributed by atoms with E-state index in [9.17, 15) is 4.79 Å². The molecule has 23 heavy (non-hydrogen) atoms. The number of hydrogen-bond acceptors (Lipinski definition) is 4. The Morgan fingerprint density at radius 1 is 1.35 bits per heavy atom. The van der Waals surface area contributed by atoms with E-state index in [2.05, 4.69) is 5.32 Å². The van der Waals surface area contributed by atoms with Crippen molar-refractivity contribution < 1.29 is 19.0 Å². The predicted molar refractivity (Wildman–Crippen MR) is 86.0 cm³/mol. The van der Waals surface area contributed by atoms with Crippen LogP contribution in [0.5, 0.6) is 11.5 Å². The molecule has 0 radical (unpaired) electrons. The number of para-hydroxylation sites is 2. The second-order valence-corrected chi connectivity index (χ2v) is 6.75. The van der Waals surface area contributed by atoms with Gasteiger partial charge < -0.3 is 24.4 Å². The zero-order valence-electron chi connectivity index (χ0n) is 13.9. The summed E-state index contributed by atoms with van der Waals surface area (Å²) in [7, 11) is 0. The average molecular weight is 320 g/mol. The van der Waals surface area contributed by atoms with E-state index in [0.717, 1.165) is 11.5 Å². The number of fused-ring (bicyclic) bond motifs is 1. The fraction of sp³-hybridized carbons (Fsp3) is 0.588. The summed E-state index contributed by atoms with van der Waals surface area (Å²) in [5, 5.41) is 2.94. The van der Waals surface area contributed by atoms with Crippen LogP contribution in [0.3, 0.4) is 0 Å². The molecule has 0 aliphatic carbocycles. The van der Waals surface area contributed by atoms with Gasteiger partial charge in [0, 0.05) is 6.54 Å². The first-order valence-corrected chi connectivity index (χ1v) is 8.02. The van der Waals surface area contributed by atoms with Crippen molar-refractivity contribution in [1.82, 2.24) is 10.2 Å². The number of ether oxygens (including phenoxy) is 3. The number of hydrogen-bond donors (Lipinski definition) is 1. The summed E-state index contributed by atoms with van der Waals surface area (Å²) in [5.41, 5.74) is -0.321. The Balaban J connectivity index is 1.52. The maximum absolute atomic E-state index is 12.4. The maximum Gasteiger partial charge on any atom is 0.317 e. The molecule has 2 heterocycles. The van der Waals surface area contributed by atoms with Crippen molar-refractivity contribution in [3.8, 4) is 11.5 Å². The molecule has 1 aromatic carbocycles. The number of urea groups is 1. The molecular formula is C17H24N2O4. The number of carbonyl (C=O) groups is 1. The fourth-order valence-electron chi connectivity index (χ4n) is 3.09. The van der Waals surface area contributed by atoms with Gasteiger partial charge in [-0.25, -0.2) is 4.79 Å². The van der Waals surface area contributed by atoms with Gasteiger partial charge in [-0.3, -0.25) is 0 Å². The van der Waals surface area contributed by atoms with Crippen LogP contribution in [0.2, 0.25) is 0 Å². The van der Waals surface area contributed by atoms with Crippen molar-refractivity contribution in [3.05, 3.63) is 24.3 Å². The molecule has 0 spiro atoms. The van der Waals surface area contributed by atoms with Gasteiger partial charge >= 0.3 is 6.03 Å². The summed E-state index contributed by atoms with van der Waals surface area (Å²) in [6.45, 7) is 8.00. The lowest BCUT2D eigenvalue weighted by Crippen LogP contribution is -2.57. The smallest absolute Gasteiger partial charge is 0.317 e. The summed E-state index contributed by atoms with van der Waals surface area (Å²) in [6, 6.07) is 7.47. The normalized spacial score (nSPS) is 25.8. The maximum atomic E-state index is 12.4. The van der Waals surface area contributed by atoms with Crippen molar-refractivity contribution in [2.45, 2.75) is 38.6 Å². The molecule has 3 rings (SSSR count). The lowest BCUT2D eigenvalue weighted by Gasteiger charge is -2.41. The molecule has 6 nitrogen and oxygen atoms in total. The monoisotopic (exact) mass is 320 g/mol. The first kappa shape index (κ1) is 15.9. The number of nitrogens with one attached hydrogen (secondary N) is 1. The number of benzene rings is 1. The quantitative estimate of drug-likeness (QED) is 0.906. The van der Waals surface area contributed by atoms with Gasteiger partial charge in [-0.05, 0) is 32.9 Å². The van der Waals surface area contributed by atoms with Gasteiger partial charge in [-0.1, -0.05) is 12.1 Å². The summed E-state index contributed by atoms with van der Waals surface area (Å²) >= 11 is 0. The first-order chi connectivity index (χ1) is 10.9. The van der Waals surface area contributed by atoms with Crippen LogP contribution in [-0.4, -0.2) is 55.0 Å². The molecule has 1 fully saturated rings. The molecule has 2 amide bonds. The summed E-state index contributed by atoms with van der Waals surface area (Å²) < 4.78 is 17.3. The first-order valence-electron chi connectivity index (χ1n) is 8.02. The third-order valence-electron chi connectivity index (χ3n) is 3.91. The van der Waals surface area contributed by atoms with Crippen LogP contribution in [-0.2, 0) is 4.74 Å². The molecule has 2 aliphatic rings. The van der Waals surface area contributed by atoms with Gasteiger partial charge in [0.05, 0.1) is 24.8 Å². The largest absolute Gasteiger partial charge is 0.486 e. The number of amides is 2. The van der Waals surface area contributed by atoms with Crippen LogP contribution >= 0.6 is 0 Å². The lowest BCUT2D eigenvalue weighted by molar-refractivity contribution is -0.117. The minimum atomic E-state index is -0.321.